The molecule has 0 bridgehead atoms. The number of piperazine rings is 1. The van der Waals surface area contributed by atoms with Crippen LogP contribution < -0.4 is 4.74 Å². The van der Waals surface area contributed by atoms with Gasteiger partial charge < -0.3 is 19.2 Å². The van der Waals surface area contributed by atoms with E-state index >= 15 is 0 Å². The third-order valence-electron chi connectivity index (χ3n) is 4.48. The van der Waals surface area contributed by atoms with Gasteiger partial charge >= 0.3 is 12.5 Å². The van der Waals surface area contributed by atoms with Gasteiger partial charge in [-0.1, -0.05) is 24.6 Å². The monoisotopic (exact) mass is 402 g/mol. The predicted molar refractivity (Wildman–Crippen MR) is 95.9 cm³/mol. The van der Waals surface area contributed by atoms with Gasteiger partial charge in [-0.3, -0.25) is 4.90 Å². The number of halogens is 3. The Kier molecular flexibility index (Phi) is 8.56. The highest BCUT2D eigenvalue weighted by Gasteiger charge is 2.32. The summed E-state index contributed by atoms with van der Waals surface area (Å²) < 4.78 is 46.4. The largest absolute Gasteiger partial charge is 0.573 e. The van der Waals surface area contributed by atoms with Crippen LogP contribution in [0.15, 0.2) is 24.3 Å². The van der Waals surface area contributed by atoms with Crippen LogP contribution in [0.5, 0.6) is 5.75 Å². The second-order valence-corrected chi connectivity index (χ2v) is 6.55. The zero-order valence-corrected chi connectivity index (χ0v) is 15.6. The zero-order valence-electron chi connectivity index (χ0n) is 15.6. The Morgan fingerprint density at radius 1 is 1.07 bits per heavy atom. The SMILES string of the molecule is O=CCCCCCN1CCN(C(=O)OCc2ccccc2OC(F)(F)F)CC1. The number of unbranched alkanes of at least 4 members (excludes halogenated alkanes) is 3. The lowest BCUT2D eigenvalue weighted by atomic mass is 10.2. The van der Waals surface area contributed by atoms with Gasteiger partial charge in [0, 0.05) is 38.2 Å². The number of alkyl halides is 3. The van der Waals surface area contributed by atoms with Gasteiger partial charge in [0.05, 0.1) is 0 Å². The van der Waals surface area contributed by atoms with E-state index in [2.05, 4.69) is 9.64 Å². The van der Waals surface area contributed by atoms with E-state index in [4.69, 9.17) is 4.74 Å². The number of aldehydes is 1. The molecule has 1 saturated heterocycles. The number of para-hydroxylation sites is 1. The Balaban J connectivity index is 1.73. The number of carbonyl (C=O) groups is 2. The summed E-state index contributed by atoms with van der Waals surface area (Å²) in [5, 5.41) is 0. The number of benzene rings is 1. The first-order valence-corrected chi connectivity index (χ1v) is 9.30. The van der Waals surface area contributed by atoms with Crippen LogP contribution in [0.1, 0.15) is 31.2 Å². The molecule has 1 aliphatic heterocycles. The molecule has 1 aromatic rings. The molecule has 9 heteroatoms. The molecule has 156 valence electrons. The molecule has 1 aromatic carbocycles. The number of nitrogens with zero attached hydrogens (tertiary/aromatic N) is 2. The third-order valence-corrected chi connectivity index (χ3v) is 4.48. The molecule has 1 amide bonds. The molecule has 2 rings (SSSR count). The normalized spacial score (nSPS) is 15.3. The minimum Gasteiger partial charge on any atom is -0.444 e. The molecule has 0 aliphatic carbocycles. The lowest BCUT2D eigenvalue weighted by molar-refractivity contribution is -0.275. The Morgan fingerprint density at radius 3 is 2.46 bits per heavy atom. The van der Waals surface area contributed by atoms with Crippen molar-refractivity contribution in [1.29, 1.82) is 0 Å². The molecule has 0 aromatic heterocycles. The third kappa shape index (κ3) is 7.75. The van der Waals surface area contributed by atoms with Crippen molar-refractivity contribution in [1.82, 2.24) is 9.80 Å². The van der Waals surface area contributed by atoms with Crippen molar-refractivity contribution in [3.8, 4) is 5.75 Å². The summed E-state index contributed by atoms with van der Waals surface area (Å²) in [6, 6.07) is 5.59. The van der Waals surface area contributed by atoms with Crippen LogP contribution in [-0.2, 0) is 16.1 Å². The fourth-order valence-electron chi connectivity index (χ4n) is 2.97. The molecule has 6 nitrogen and oxygen atoms in total. The van der Waals surface area contributed by atoms with E-state index in [0.717, 1.165) is 45.2 Å². The van der Waals surface area contributed by atoms with Gasteiger partial charge in [0.15, 0.2) is 0 Å². The van der Waals surface area contributed by atoms with Crippen LogP contribution in [-0.4, -0.2) is 61.3 Å². The zero-order chi connectivity index (χ0) is 20.4. The number of rotatable bonds is 9. The fraction of sp³-hybridized carbons (Fsp3) is 0.579. The molecule has 0 atom stereocenters. The van der Waals surface area contributed by atoms with Gasteiger partial charge in [-0.25, -0.2) is 4.79 Å². The van der Waals surface area contributed by atoms with Gasteiger partial charge in [0.2, 0.25) is 0 Å². The highest BCUT2D eigenvalue weighted by molar-refractivity contribution is 5.67. The van der Waals surface area contributed by atoms with Crippen molar-refractivity contribution in [2.45, 2.75) is 38.7 Å². The molecule has 0 saturated carbocycles. The molecule has 0 radical (unpaired) electrons. The topological polar surface area (TPSA) is 59.1 Å². The van der Waals surface area contributed by atoms with E-state index in [-0.39, 0.29) is 17.9 Å². The average Bonchev–Trinajstić information content (AvgIpc) is 2.66. The van der Waals surface area contributed by atoms with E-state index in [1.54, 1.807) is 11.0 Å². The van der Waals surface area contributed by atoms with Crippen molar-refractivity contribution in [2.24, 2.45) is 0 Å². The van der Waals surface area contributed by atoms with Crippen LogP contribution in [0.4, 0.5) is 18.0 Å². The summed E-state index contributed by atoms with van der Waals surface area (Å²) in [5.74, 6) is -0.373. The van der Waals surface area contributed by atoms with Gasteiger partial charge in [0.1, 0.15) is 18.6 Å². The van der Waals surface area contributed by atoms with Gasteiger partial charge in [0.25, 0.3) is 0 Å². The molecule has 1 aliphatic rings. The van der Waals surface area contributed by atoms with Crippen molar-refractivity contribution < 1.29 is 32.2 Å². The first-order valence-electron chi connectivity index (χ1n) is 9.30. The summed E-state index contributed by atoms with van der Waals surface area (Å²) in [5.41, 5.74) is 0.155. The maximum absolute atomic E-state index is 12.4. The highest BCUT2D eigenvalue weighted by Crippen LogP contribution is 2.26. The molecular weight excluding hydrogens is 377 g/mol. The first kappa shape index (κ1) is 22.0. The second kappa shape index (κ2) is 10.9. The molecule has 28 heavy (non-hydrogen) atoms. The van der Waals surface area contributed by atoms with E-state index in [0.29, 0.717) is 19.5 Å². The van der Waals surface area contributed by atoms with Gasteiger partial charge in [-0.2, -0.15) is 0 Å². The summed E-state index contributed by atoms with van der Waals surface area (Å²) in [4.78, 5) is 26.3. The Bertz CT molecular complexity index is 632. The van der Waals surface area contributed by atoms with Crippen LogP contribution in [0.25, 0.3) is 0 Å². The van der Waals surface area contributed by atoms with E-state index in [9.17, 15) is 22.8 Å². The van der Waals surface area contributed by atoms with Crippen LogP contribution in [0, 0.1) is 0 Å². The average molecular weight is 402 g/mol. The van der Waals surface area contributed by atoms with Gasteiger partial charge in [-0.15, -0.1) is 13.2 Å². The fourth-order valence-corrected chi connectivity index (χ4v) is 2.97. The van der Waals surface area contributed by atoms with E-state index < -0.39 is 12.5 Å². The Morgan fingerprint density at radius 2 is 1.79 bits per heavy atom. The first-order chi connectivity index (χ1) is 13.4. The summed E-state index contributed by atoms with van der Waals surface area (Å²) >= 11 is 0. The van der Waals surface area contributed by atoms with Crippen molar-refractivity contribution in [3.05, 3.63) is 29.8 Å². The molecule has 0 spiro atoms. The van der Waals surface area contributed by atoms with Crippen molar-refractivity contribution >= 4 is 12.4 Å². The standard InChI is InChI=1S/C19H25F3N2O4/c20-19(21,22)28-17-8-4-3-7-16(17)15-27-18(26)24-12-10-23(11-13-24)9-5-1-2-6-14-25/h3-4,7-8,14H,1-2,5-6,9-13,15H2. The highest BCUT2D eigenvalue weighted by atomic mass is 19.4. The summed E-state index contributed by atoms with van der Waals surface area (Å²) in [6.07, 6.45) is -0.921. The quantitative estimate of drug-likeness (QED) is 0.467. The minimum absolute atomic E-state index is 0.155. The molecular formula is C19H25F3N2O4. The van der Waals surface area contributed by atoms with Gasteiger partial charge in [-0.05, 0) is 25.5 Å². The lowest BCUT2D eigenvalue weighted by Crippen LogP contribution is -2.48. The summed E-state index contributed by atoms with van der Waals surface area (Å²) in [6.45, 7) is 3.08. The maximum atomic E-state index is 12.4. The molecule has 1 fully saturated rings. The van der Waals surface area contributed by atoms with E-state index in [1.807, 2.05) is 0 Å². The molecule has 0 unspecified atom stereocenters. The number of hydrogen-bond acceptors (Lipinski definition) is 5. The lowest BCUT2D eigenvalue weighted by Gasteiger charge is -2.34. The summed E-state index contributed by atoms with van der Waals surface area (Å²) in [7, 11) is 0. The minimum atomic E-state index is -4.80. The maximum Gasteiger partial charge on any atom is 0.573 e. The number of hydrogen-bond donors (Lipinski definition) is 0. The van der Waals surface area contributed by atoms with Crippen LogP contribution in [0.3, 0.4) is 0 Å². The predicted octanol–water partition coefficient (Wildman–Crippen LogP) is 3.60. The Hall–Kier alpha value is -2.29. The van der Waals surface area contributed by atoms with Crippen LogP contribution >= 0.6 is 0 Å². The van der Waals surface area contributed by atoms with Crippen molar-refractivity contribution in [3.63, 3.8) is 0 Å². The van der Waals surface area contributed by atoms with Crippen molar-refractivity contribution in [2.75, 3.05) is 32.7 Å². The smallest absolute Gasteiger partial charge is 0.444 e. The Labute approximate surface area is 162 Å². The van der Waals surface area contributed by atoms with E-state index in [1.165, 1.54) is 18.2 Å². The number of carbonyl (C=O) groups excluding carboxylic acids is 2. The number of ether oxygens (including phenoxy) is 2. The molecule has 0 N–H and O–H groups in total. The number of amides is 1. The van der Waals surface area contributed by atoms with Crippen LogP contribution in [0.2, 0.25) is 0 Å². The molecule has 1 heterocycles. The second-order valence-electron chi connectivity index (χ2n) is 6.55.